The van der Waals surface area contributed by atoms with Crippen molar-refractivity contribution in [3.05, 3.63) is 145 Å². The monoisotopic (exact) mass is 607 g/mol. The van der Waals surface area contributed by atoms with Crippen LogP contribution in [0.2, 0.25) is 0 Å². The van der Waals surface area contributed by atoms with Gasteiger partial charge in [-0.15, -0.1) is 11.3 Å². The lowest BCUT2D eigenvalue weighted by Crippen LogP contribution is -2.57. The zero-order valence-corrected chi connectivity index (χ0v) is 25.8. The van der Waals surface area contributed by atoms with E-state index < -0.39 is 0 Å². The molecule has 3 heterocycles. The highest BCUT2D eigenvalue weighted by Gasteiger charge is 2.40. The summed E-state index contributed by atoms with van der Waals surface area (Å²) in [6.07, 6.45) is 0. The van der Waals surface area contributed by atoms with Crippen molar-refractivity contribution in [1.29, 1.82) is 0 Å². The maximum atomic E-state index is 6.63. The molecule has 0 atom stereocenters. The number of nitrogens with zero attached hydrogens (tertiary/aromatic N) is 1. The van der Waals surface area contributed by atoms with E-state index in [1.807, 2.05) is 17.4 Å². The van der Waals surface area contributed by atoms with Crippen molar-refractivity contribution in [1.82, 2.24) is 0 Å². The lowest BCUT2D eigenvalue weighted by molar-refractivity contribution is 0.465. The number of fused-ring (bicyclic) bond motifs is 8. The van der Waals surface area contributed by atoms with E-state index in [1.54, 1.807) is 0 Å². The van der Waals surface area contributed by atoms with Crippen LogP contribution in [-0.4, -0.2) is 6.71 Å². The average Bonchev–Trinajstić information content (AvgIpc) is 3.43. The standard InChI is InChI=1S/C41H26BNO2S/c1-25-15-18-35-33(19-25)42-34-24-40-32(23-38(34)45-37-14-8-13-36(44-35)41(37)42)31-21-26-16-17-30(20-27(26)22-39(31)46-40)43(28-9-4-2-5-10-28)29-11-6-3-7-12-29/h2-24H,1H3. The van der Waals surface area contributed by atoms with Crippen molar-refractivity contribution < 1.29 is 9.47 Å². The number of thiophene rings is 1. The van der Waals surface area contributed by atoms with Crippen LogP contribution in [0.4, 0.5) is 17.1 Å². The molecule has 0 unspecified atom stereocenters. The van der Waals surface area contributed by atoms with E-state index in [1.165, 1.54) is 47.4 Å². The first-order valence-electron chi connectivity index (χ1n) is 15.6. The van der Waals surface area contributed by atoms with Crippen LogP contribution in [-0.2, 0) is 0 Å². The molecule has 0 saturated heterocycles. The first-order valence-corrected chi connectivity index (χ1v) is 16.4. The van der Waals surface area contributed by atoms with Gasteiger partial charge in [-0.25, -0.2) is 0 Å². The molecule has 1 aromatic heterocycles. The molecule has 216 valence electrons. The van der Waals surface area contributed by atoms with Crippen molar-refractivity contribution in [2.24, 2.45) is 0 Å². The van der Waals surface area contributed by atoms with Gasteiger partial charge >= 0.3 is 0 Å². The van der Waals surface area contributed by atoms with Gasteiger partial charge in [-0.3, -0.25) is 0 Å². The molecule has 2 aliphatic heterocycles. The Morgan fingerprint density at radius 2 is 1.17 bits per heavy atom. The molecular weight excluding hydrogens is 581 g/mol. The zero-order chi connectivity index (χ0) is 30.4. The highest BCUT2D eigenvalue weighted by atomic mass is 32.1. The van der Waals surface area contributed by atoms with Gasteiger partial charge in [0.1, 0.15) is 23.0 Å². The van der Waals surface area contributed by atoms with Gasteiger partial charge in [0.2, 0.25) is 0 Å². The molecule has 2 aliphatic rings. The van der Waals surface area contributed by atoms with Crippen LogP contribution in [0.1, 0.15) is 5.56 Å². The van der Waals surface area contributed by atoms with Gasteiger partial charge in [0.15, 0.2) is 0 Å². The Morgan fingerprint density at radius 3 is 1.93 bits per heavy atom. The summed E-state index contributed by atoms with van der Waals surface area (Å²) >= 11 is 1.86. The number of benzene rings is 7. The second kappa shape index (κ2) is 9.74. The van der Waals surface area contributed by atoms with Crippen LogP contribution in [0.3, 0.4) is 0 Å². The molecule has 3 nitrogen and oxygen atoms in total. The van der Waals surface area contributed by atoms with Crippen LogP contribution < -0.4 is 30.8 Å². The second-order valence-electron chi connectivity index (χ2n) is 12.2. The molecule has 0 bridgehead atoms. The van der Waals surface area contributed by atoms with Crippen LogP contribution in [0.15, 0.2) is 140 Å². The number of aryl methyl sites for hydroxylation is 1. The molecule has 5 heteroatoms. The van der Waals surface area contributed by atoms with Crippen LogP contribution in [0.25, 0.3) is 30.9 Å². The summed E-state index contributed by atoms with van der Waals surface area (Å²) in [6, 6.07) is 49.9. The Kier molecular flexibility index (Phi) is 5.46. The summed E-state index contributed by atoms with van der Waals surface area (Å²) in [4.78, 5) is 2.32. The minimum atomic E-state index is 0.0665. The summed E-state index contributed by atoms with van der Waals surface area (Å²) in [6.45, 7) is 2.21. The summed E-state index contributed by atoms with van der Waals surface area (Å²) < 4.78 is 15.5. The van der Waals surface area contributed by atoms with E-state index in [0.29, 0.717) is 0 Å². The summed E-state index contributed by atoms with van der Waals surface area (Å²) in [5.41, 5.74) is 8.14. The van der Waals surface area contributed by atoms with E-state index in [9.17, 15) is 0 Å². The number of para-hydroxylation sites is 2. The van der Waals surface area contributed by atoms with Crippen molar-refractivity contribution in [3.63, 3.8) is 0 Å². The number of hydrogen-bond donors (Lipinski definition) is 0. The van der Waals surface area contributed by atoms with Gasteiger partial charge in [-0.1, -0.05) is 66.2 Å². The van der Waals surface area contributed by atoms with E-state index in [-0.39, 0.29) is 6.71 Å². The van der Waals surface area contributed by atoms with Gasteiger partial charge in [-0.2, -0.15) is 0 Å². The smallest absolute Gasteiger partial charge is 0.260 e. The van der Waals surface area contributed by atoms with Gasteiger partial charge in [-0.05, 0) is 107 Å². The third kappa shape index (κ3) is 3.85. The Morgan fingerprint density at radius 1 is 0.500 bits per heavy atom. The lowest BCUT2D eigenvalue weighted by atomic mass is 9.35. The molecule has 8 aromatic rings. The SMILES string of the molecule is Cc1ccc2c(c1)B1c3cc4sc5cc6cc(N(c7ccccc7)c7ccccc7)ccc6cc5c4cc3Oc3cccc(c31)O2. The fourth-order valence-electron chi connectivity index (χ4n) is 7.29. The first-order chi connectivity index (χ1) is 22.7. The van der Waals surface area contributed by atoms with Gasteiger partial charge < -0.3 is 14.4 Å². The van der Waals surface area contributed by atoms with Crippen LogP contribution in [0, 0.1) is 6.92 Å². The fraction of sp³-hybridized carbons (Fsp3) is 0.0244. The molecule has 0 saturated carbocycles. The molecule has 46 heavy (non-hydrogen) atoms. The minimum Gasteiger partial charge on any atom is -0.458 e. The Bertz CT molecular complexity index is 2470. The molecule has 0 fully saturated rings. The minimum absolute atomic E-state index is 0.0665. The maximum Gasteiger partial charge on any atom is 0.260 e. The molecule has 0 amide bonds. The van der Waals surface area contributed by atoms with Gasteiger partial charge in [0.05, 0.1) is 0 Å². The number of hydrogen-bond acceptors (Lipinski definition) is 4. The molecule has 0 radical (unpaired) electrons. The zero-order valence-electron chi connectivity index (χ0n) is 25.0. The Hall–Kier alpha value is -5.52. The van der Waals surface area contributed by atoms with Crippen molar-refractivity contribution in [3.8, 4) is 23.0 Å². The number of anilines is 3. The highest BCUT2D eigenvalue weighted by molar-refractivity contribution is 7.26. The van der Waals surface area contributed by atoms with E-state index in [4.69, 9.17) is 9.47 Å². The predicted molar refractivity (Wildman–Crippen MR) is 194 cm³/mol. The Labute approximate surface area is 271 Å². The van der Waals surface area contributed by atoms with E-state index in [0.717, 1.165) is 45.5 Å². The summed E-state index contributed by atoms with van der Waals surface area (Å²) in [5.74, 6) is 3.60. The molecular formula is C41H26BNO2S. The summed E-state index contributed by atoms with van der Waals surface area (Å²) in [7, 11) is 0. The third-order valence-electron chi connectivity index (χ3n) is 9.37. The lowest BCUT2D eigenvalue weighted by Gasteiger charge is -2.33. The normalized spacial score (nSPS) is 12.8. The molecule has 0 spiro atoms. The maximum absolute atomic E-state index is 6.63. The van der Waals surface area contributed by atoms with Crippen molar-refractivity contribution in [2.75, 3.05) is 4.90 Å². The number of rotatable bonds is 3. The van der Waals surface area contributed by atoms with E-state index >= 15 is 0 Å². The topological polar surface area (TPSA) is 21.7 Å². The average molecular weight is 608 g/mol. The molecule has 7 aromatic carbocycles. The summed E-state index contributed by atoms with van der Waals surface area (Å²) in [5, 5.41) is 4.94. The van der Waals surface area contributed by atoms with Crippen LogP contribution >= 0.6 is 11.3 Å². The van der Waals surface area contributed by atoms with Crippen LogP contribution in [0.5, 0.6) is 23.0 Å². The molecule has 0 aliphatic carbocycles. The second-order valence-corrected chi connectivity index (χ2v) is 13.3. The van der Waals surface area contributed by atoms with Crippen molar-refractivity contribution >= 4 is 82.4 Å². The van der Waals surface area contributed by atoms with Gasteiger partial charge in [0, 0.05) is 42.7 Å². The first kappa shape index (κ1) is 25.8. The highest BCUT2D eigenvalue weighted by Crippen LogP contribution is 2.42. The predicted octanol–water partition coefficient (Wildman–Crippen LogP) is 9.71. The number of ether oxygens (including phenoxy) is 2. The third-order valence-corrected chi connectivity index (χ3v) is 10.5. The molecule has 0 N–H and O–H groups in total. The van der Waals surface area contributed by atoms with Gasteiger partial charge in [0.25, 0.3) is 6.71 Å². The molecule has 10 rings (SSSR count). The largest absolute Gasteiger partial charge is 0.458 e. The Balaban J connectivity index is 1.14. The quantitative estimate of drug-likeness (QED) is 0.187. The van der Waals surface area contributed by atoms with Crippen molar-refractivity contribution in [2.45, 2.75) is 6.92 Å². The van der Waals surface area contributed by atoms with E-state index in [2.05, 4.69) is 145 Å². The fourth-order valence-corrected chi connectivity index (χ4v) is 8.46.